The predicted octanol–water partition coefficient (Wildman–Crippen LogP) is 4.66. The van der Waals surface area contributed by atoms with Gasteiger partial charge in [-0.15, -0.1) is 0 Å². The van der Waals surface area contributed by atoms with Gasteiger partial charge in [0.05, 0.1) is 29.6 Å². The highest BCUT2D eigenvalue weighted by Gasteiger charge is 2.17. The van der Waals surface area contributed by atoms with Crippen LogP contribution in [0.15, 0.2) is 67.1 Å². The maximum atomic E-state index is 14.3. The minimum atomic E-state index is -0.326. The number of imidazole rings is 1. The smallest absolute Gasteiger partial charge is 0.181 e. The van der Waals surface area contributed by atoms with Crippen molar-refractivity contribution >= 4 is 22.1 Å². The van der Waals surface area contributed by atoms with Gasteiger partial charge in [0.1, 0.15) is 11.5 Å². The molecule has 0 bridgehead atoms. The van der Waals surface area contributed by atoms with Crippen LogP contribution >= 0.6 is 0 Å². The lowest BCUT2D eigenvalue weighted by Crippen LogP contribution is -2.35. The number of hydrogen-bond acceptors (Lipinski definition) is 7. The van der Waals surface area contributed by atoms with Gasteiger partial charge in [0.2, 0.25) is 0 Å². The Labute approximate surface area is 229 Å². The first kappa shape index (κ1) is 24.5. The summed E-state index contributed by atoms with van der Waals surface area (Å²) >= 11 is 0. The summed E-state index contributed by atoms with van der Waals surface area (Å²) in [6.45, 7) is 4.45. The highest BCUT2D eigenvalue weighted by molar-refractivity contribution is 5.97. The van der Waals surface area contributed by atoms with Gasteiger partial charge < -0.3 is 15.5 Å². The van der Waals surface area contributed by atoms with E-state index < -0.39 is 0 Å². The van der Waals surface area contributed by atoms with E-state index in [2.05, 4.69) is 42.2 Å². The van der Waals surface area contributed by atoms with Gasteiger partial charge in [0, 0.05) is 61.5 Å². The monoisotopic (exact) mass is 534 g/mol. The van der Waals surface area contributed by atoms with E-state index in [1.807, 2.05) is 42.9 Å². The number of nitrogens with one attached hydrogen (secondary N) is 2. The number of morpholine rings is 1. The molecule has 10 heteroatoms. The zero-order chi connectivity index (χ0) is 27.1. The highest BCUT2D eigenvalue weighted by atomic mass is 19.1. The van der Waals surface area contributed by atoms with Crippen molar-refractivity contribution in [1.29, 1.82) is 0 Å². The average Bonchev–Trinajstić information content (AvgIpc) is 3.61. The number of nitrogens with two attached hydrogens (primary N) is 1. The third kappa shape index (κ3) is 4.62. The van der Waals surface area contributed by atoms with Crippen LogP contribution in [0.5, 0.6) is 0 Å². The maximum absolute atomic E-state index is 14.3. The lowest BCUT2D eigenvalue weighted by atomic mass is 10.0. The van der Waals surface area contributed by atoms with E-state index in [1.165, 1.54) is 12.1 Å². The Hall–Kier alpha value is -4.51. The van der Waals surface area contributed by atoms with Crippen LogP contribution in [0.25, 0.3) is 55.8 Å². The van der Waals surface area contributed by atoms with Gasteiger partial charge in [-0.2, -0.15) is 5.10 Å². The third-order valence-electron chi connectivity index (χ3n) is 7.30. The first-order valence-electron chi connectivity index (χ1n) is 13.2. The number of H-pyrrole nitrogens is 2. The lowest BCUT2D eigenvalue weighted by molar-refractivity contribution is 0.0341. The second-order valence-corrected chi connectivity index (χ2v) is 10.0. The van der Waals surface area contributed by atoms with E-state index in [0.29, 0.717) is 11.5 Å². The Balaban J connectivity index is 1.26. The fourth-order valence-electron chi connectivity index (χ4n) is 5.29. The number of fused-ring (bicyclic) bond motifs is 2. The van der Waals surface area contributed by atoms with E-state index in [1.54, 1.807) is 0 Å². The summed E-state index contributed by atoms with van der Waals surface area (Å²) in [6.07, 6.45) is 5.58. The SMILES string of the molecule is NCc1cc(F)cc(-c2cccc3[nH]c(-c4[nH]nc5ncc(-c6cncc(CN7CCOCC7)c6)cc45)nc23)c1. The molecule has 1 fully saturated rings. The summed E-state index contributed by atoms with van der Waals surface area (Å²) < 4.78 is 19.8. The molecule has 2 aromatic carbocycles. The Morgan fingerprint density at radius 1 is 0.950 bits per heavy atom. The Bertz CT molecular complexity index is 1840. The van der Waals surface area contributed by atoms with Gasteiger partial charge in [-0.3, -0.25) is 15.0 Å². The second kappa shape index (κ2) is 10.2. The van der Waals surface area contributed by atoms with Crippen molar-refractivity contribution in [3.63, 3.8) is 0 Å². The van der Waals surface area contributed by atoms with Gasteiger partial charge in [0.25, 0.3) is 0 Å². The number of aromatic amines is 2. The Morgan fingerprint density at radius 2 is 1.80 bits per heavy atom. The van der Waals surface area contributed by atoms with Crippen LogP contribution in [0, 0.1) is 5.82 Å². The molecule has 0 amide bonds. The van der Waals surface area contributed by atoms with Gasteiger partial charge in [-0.05, 0) is 53.1 Å². The molecule has 9 nitrogen and oxygen atoms in total. The van der Waals surface area contributed by atoms with E-state index in [4.69, 9.17) is 15.5 Å². The van der Waals surface area contributed by atoms with Gasteiger partial charge in [0.15, 0.2) is 11.5 Å². The quantitative estimate of drug-likeness (QED) is 0.284. The van der Waals surface area contributed by atoms with Gasteiger partial charge in [-0.25, -0.2) is 14.4 Å². The molecule has 0 spiro atoms. The molecule has 0 aliphatic carbocycles. The van der Waals surface area contributed by atoms with Gasteiger partial charge in [-0.1, -0.05) is 12.1 Å². The molecular weight excluding hydrogens is 507 g/mol. The average molecular weight is 535 g/mol. The molecule has 6 aromatic rings. The third-order valence-corrected chi connectivity index (χ3v) is 7.30. The fourth-order valence-corrected chi connectivity index (χ4v) is 5.29. The summed E-state index contributed by atoms with van der Waals surface area (Å²) in [4.78, 5) is 19.8. The number of rotatable bonds is 6. The molecule has 0 saturated carbocycles. The molecule has 1 aliphatic heterocycles. The van der Waals surface area contributed by atoms with Crippen molar-refractivity contribution in [3.05, 3.63) is 84.1 Å². The number of pyridine rings is 2. The topological polar surface area (TPSA) is 122 Å². The molecule has 40 heavy (non-hydrogen) atoms. The lowest BCUT2D eigenvalue weighted by Gasteiger charge is -2.26. The molecule has 0 unspecified atom stereocenters. The molecule has 7 rings (SSSR count). The first-order valence-corrected chi connectivity index (χ1v) is 13.2. The molecule has 0 atom stereocenters. The van der Waals surface area contributed by atoms with Crippen LogP contribution in [0.1, 0.15) is 11.1 Å². The van der Waals surface area contributed by atoms with Crippen molar-refractivity contribution < 1.29 is 9.13 Å². The highest BCUT2D eigenvalue weighted by Crippen LogP contribution is 2.33. The van der Waals surface area contributed by atoms with E-state index >= 15 is 0 Å². The summed E-state index contributed by atoms with van der Waals surface area (Å²) in [5, 5.41) is 8.36. The van der Waals surface area contributed by atoms with Crippen LogP contribution in [0.4, 0.5) is 4.39 Å². The second-order valence-electron chi connectivity index (χ2n) is 10.0. The molecule has 1 saturated heterocycles. The van der Waals surface area contributed by atoms with Crippen LogP contribution in [0.2, 0.25) is 0 Å². The Morgan fingerprint density at radius 3 is 2.67 bits per heavy atom. The predicted molar refractivity (Wildman–Crippen MR) is 152 cm³/mol. The fraction of sp³-hybridized carbons (Fsp3) is 0.200. The molecule has 1 aliphatic rings. The van der Waals surface area contributed by atoms with E-state index in [0.717, 1.165) is 88.3 Å². The maximum Gasteiger partial charge on any atom is 0.181 e. The number of aromatic nitrogens is 6. The minimum absolute atomic E-state index is 0.258. The van der Waals surface area contributed by atoms with Crippen molar-refractivity contribution in [2.24, 2.45) is 5.73 Å². The number of hydrogen-bond donors (Lipinski definition) is 3. The molecule has 4 N–H and O–H groups in total. The van der Waals surface area contributed by atoms with Crippen molar-refractivity contribution in [2.75, 3.05) is 26.3 Å². The van der Waals surface area contributed by atoms with Crippen LogP contribution in [0.3, 0.4) is 0 Å². The summed E-state index contributed by atoms with van der Waals surface area (Å²) in [7, 11) is 0. The zero-order valence-corrected chi connectivity index (χ0v) is 21.7. The standard InChI is InChI=1S/C30H27FN8O/c31-23-10-18(13-32)8-20(11-23)24-2-1-3-26-27(24)36-30(35-26)28-25-12-22(16-34-29(25)38-37-28)21-9-19(14-33-15-21)17-39-4-6-40-7-5-39/h1-3,8-12,14-16H,4-7,13,17,32H2,(H,35,36)(H,34,37,38). The summed E-state index contributed by atoms with van der Waals surface area (Å²) in [6, 6.07) is 14.9. The number of nitrogens with zero attached hydrogens (tertiary/aromatic N) is 5. The molecule has 4 aromatic heterocycles. The molecule has 5 heterocycles. The summed E-state index contributed by atoms with van der Waals surface area (Å²) in [5.41, 5.74) is 14.0. The number of ether oxygens (including phenoxy) is 1. The number of halogens is 1. The van der Waals surface area contributed by atoms with Crippen LogP contribution < -0.4 is 5.73 Å². The van der Waals surface area contributed by atoms with Crippen molar-refractivity contribution in [1.82, 2.24) is 35.0 Å². The number of benzene rings is 2. The normalized spacial score (nSPS) is 14.3. The molecule has 0 radical (unpaired) electrons. The first-order chi connectivity index (χ1) is 19.6. The van der Waals surface area contributed by atoms with Crippen LogP contribution in [-0.4, -0.2) is 61.3 Å². The van der Waals surface area contributed by atoms with Crippen molar-refractivity contribution in [3.8, 4) is 33.8 Å². The minimum Gasteiger partial charge on any atom is -0.379 e. The zero-order valence-electron chi connectivity index (χ0n) is 21.7. The molecule has 200 valence electrons. The van der Waals surface area contributed by atoms with Crippen molar-refractivity contribution in [2.45, 2.75) is 13.1 Å². The molecular formula is C30H27FN8O. The van der Waals surface area contributed by atoms with E-state index in [-0.39, 0.29) is 12.4 Å². The van der Waals surface area contributed by atoms with Gasteiger partial charge >= 0.3 is 0 Å². The van der Waals surface area contributed by atoms with E-state index in [9.17, 15) is 4.39 Å². The van der Waals surface area contributed by atoms with Crippen LogP contribution in [-0.2, 0) is 17.8 Å². The number of para-hydroxylation sites is 1. The summed E-state index contributed by atoms with van der Waals surface area (Å²) in [5.74, 6) is 0.297. The largest absolute Gasteiger partial charge is 0.379 e. The Kier molecular flexibility index (Phi) is 6.27.